The molecule has 0 amide bonds. The van der Waals surface area contributed by atoms with Crippen LogP contribution in [0.5, 0.6) is 0 Å². The lowest BCUT2D eigenvalue weighted by Gasteiger charge is -2.17. The number of hydrogen-bond acceptors (Lipinski definition) is 6. The first-order chi connectivity index (χ1) is 10.2. The van der Waals surface area contributed by atoms with Crippen LogP contribution in [0.25, 0.3) is 0 Å². The van der Waals surface area contributed by atoms with Crippen molar-refractivity contribution in [1.82, 2.24) is 9.97 Å². The summed E-state index contributed by atoms with van der Waals surface area (Å²) in [5.74, 6) is 0.284. The van der Waals surface area contributed by atoms with Crippen molar-refractivity contribution in [2.45, 2.75) is 18.9 Å². The molecule has 0 bridgehead atoms. The van der Waals surface area contributed by atoms with E-state index in [1.54, 1.807) is 13.4 Å². The van der Waals surface area contributed by atoms with Crippen LogP contribution in [0, 0.1) is 0 Å². The van der Waals surface area contributed by atoms with E-state index in [1.807, 2.05) is 12.1 Å². The van der Waals surface area contributed by atoms with Gasteiger partial charge in [-0.3, -0.25) is 0 Å². The fourth-order valence-corrected chi connectivity index (χ4v) is 1.88. The molecule has 0 aromatic carbocycles. The van der Waals surface area contributed by atoms with Gasteiger partial charge in [-0.05, 0) is 18.6 Å². The van der Waals surface area contributed by atoms with E-state index in [0.717, 1.165) is 12.2 Å². The molecule has 112 valence electrons. The van der Waals surface area contributed by atoms with E-state index in [0.29, 0.717) is 18.8 Å². The highest BCUT2D eigenvalue weighted by Crippen LogP contribution is 2.12. The Morgan fingerprint density at radius 1 is 1.48 bits per heavy atom. The second-order valence-electron chi connectivity index (χ2n) is 4.50. The normalized spacial score (nSPS) is 12.0. The lowest BCUT2D eigenvalue weighted by atomic mass is 10.1. The summed E-state index contributed by atoms with van der Waals surface area (Å²) in [4.78, 5) is 18.6. The standard InChI is InChI=1S/C14H17N3O4/c1-20-6-4-10(7-11-3-2-5-21-11)17-13-9-15-12(8-16-13)14(18)19/h2-3,5,8-10H,4,6-7H2,1H3,(H,16,17)(H,18,19). The second-order valence-corrected chi connectivity index (χ2v) is 4.50. The number of carboxylic acid groups (broad SMARTS) is 1. The zero-order valence-electron chi connectivity index (χ0n) is 11.7. The fraction of sp³-hybridized carbons (Fsp3) is 0.357. The molecular formula is C14H17N3O4. The second kappa shape index (κ2) is 7.39. The lowest BCUT2D eigenvalue weighted by Crippen LogP contribution is -2.24. The SMILES string of the molecule is COCCC(Cc1ccco1)Nc1cnc(C(=O)O)cn1. The minimum absolute atomic E-state index is 0.0566. The summed E-state index contributed by atoms with van der Waals surface area (Å²) in [7, 11) is 1.64. The molecule has 1 atom stereocenters. The number of hydrogen-bond donors (Lipinski definition) is 2. The number of nitrogens with zero attached hydrogens (tertiary/aromatic N) is 2. The summed E-state index contributed by atoms with van der Waals surface area (Å²) >= 11 is 0. The van der Waals surface area contributed by atoms with Gasteiger partial charge < -0.3 is 19.6 Å². The number of aromatic carboxylic acids is 1. The van der Waals surface area contributed by atoms with Crippen molar-refractivity contribution in [3.05, 3.63) is 42.2 Å². The van der Waals surface area contributed by atoms with Crippen LogP contribution in [0.1, 0.15) is 22.7 Å². The number of carboxylic acids is 1. The van der Waals surface area contributed by atoms with Gasteiger partial charge in [-0.25, -0.2) is 14.8 Å². The maximum absolute atomic E-state index is 10.7. The number of nitrogens with one attached hydrogen (secondary N) is 1. The van der Waals surface area contributed by atoms with Crippen LogP contribution in [-0.2, 0) is 11.2 Å². The number of carbonyl (C=O) groups is 1. The van der Waals surface area contributed by atoms with Crippen LogP contribution in [0.15, 0.2) is 35.2 Å². The molecule has 2 aromatic heterocycles. The van der Waals surface area contributed by atoms with Crippen molar-refractivity contribution in [1.29, 1.82) is 0 Å². The van der Waals surface area contributed by atoms with Gasteiger partial charge in [0.25, 0.3) is 0 Å². The predicted molar refractivity (Wildman–Crippen MR) is 75.3 cm³/mol. The van der Waals surface area contributed by atoms with Gasteiger partial charge in [-0.2, -0.15) is 0 Å². The van der Waals surface area contributed by atoms with Crippen LogP contribution in [0.4, 0.5) is 5.82 Å². The summed E-state index contributed by atoms with van der Waals surface area (Å²) in [6, 6.07) is 3.80. The van der Waals surface area contributed by atoms with E-state index in [1.165, 1.54) is 12.4 Å². The topological polar surface area (TPSA) is 97.5 Å². The van der Waals surface area contributed by atoms with Crippen LogP contribution in [0.2, 0.25) is 0 Å². The molecule has 0 fully saturated rings. The molecule has 0 saturated carbocycles. The molecule has 2 rings (SSSR count). The van der Waals surface area contributed by atoms with Crippen molar-refractivity contribution < 1.29 is 19.1 Å². The number of aromatic nitrogens is 2. The summed E-state index contributed by atoms with van der Waals surface area (Å²) in [5, 5.41) is 12.0. The first-order valence-corrected chi connectivity index (χ1v) is 6.52. The molecule has 2 heterocycles. The number of ether oxygens (including phenoxy) is 1. The zero-order chi connectivity index (χ0) is 15.1. The smallest absolute Gasteiger partial charge is 0.356 e. The molecule has 0 aliphatic rings. The molecule has 0 radical (unpaired) electrons. The van der Waals surface area contributed by atoms with Gasteiger partial charge in [0, 0.05) is 26.2 Å². The molecule has 7 heteroatoms. The summed E-state index contributed by atoms with van der Waals surface area (Å²) in [6.45, 7) is 0.596. The predicted octanol–water partition coefficient (Wildman–Crippen LogP) is 1.83. The maximum Gasteiger partial charge on any atom is 0.356 e. The van der Waals surface area contributed by atoms with Crippen molar-refractivity contribution in [3.63, 3.8) is 0 Å². The number of rotatable bonds is 8. The van der Waals surface area contributed by atoms with Gasteiger partial charge >= 0.3 is 5.97 Å². The number of anilines is 1. The van der Waals surface area contributed by atoms with Crippen LogP contribution in [0.3, 0.4) is 0 Å². The first kappa shape index (κ1) is 15.0. The fourth-order valence-electron chi connectivity index (χ4n) is 1.88. The third-order valence-electron chi connectivity index (χ3n) is 2.92. The average molecular weight is 291 g/mol. The number of furan rings is 1. The molecule has 0 aliphatic heterocycles. The molecule has 7 nitrogen and oxygen atoms in total. The Kier molecular flexibility index (Phi) is 5.28. The highest BCUT2D eigenvalue weighted by atomic mass is 16.5. The minimum Gasteiger partial charge on any atom is -0.476 e. The van der Waals surface area contributed by atoms with Crippen LogP contribution >= 0.6 is 0 Å². The third-order valence-corrected chi connectivity index (χ3v) is 2.92. The molecule has 21 heavy (non-hydrogen) atoms. The Hall–Kier alpha value is -2.41. The molecule has 0 saturated heterocycles. The lowest BCUT2D eigenvalue weighted by molar-refractivity contribution is 0.0690. The van der Waals surface area contributed by atoms with Crippen molar-refractivity contribution in [3.8, 4) is 0 Å². The largest absolute Gasteiger partial charge is 0.476 e. The van der Waals surface area contributed by atoms with E-state index < -0.39 is 5.97 Å². The van der Waals surface area contributed by atoms with Crippen LogP contribution < -0.4 is 5.32 Å². The van der Waals surface area contributed by atoms with Gasteiger partial charge in [0.15, 0.2) is 5.69 Å². The monoisotopic (exact) mass is 291 g/mol. The van der Waals surface area contributed by atoms with Gasteiger partial charge in [-0.1, -0.05) is 0 Å². The molecule has 0 aliphatic carbocycles. The maximum atomic E-state index is 10.7. The molecular weight excluding hydrogens is 274 g/mol. The van der Waals surface area contributed by atoms with E-state index in [-0.39, 0.29) is 11.7 Å². The first-order valence-electron chi connectivity index (χ1n) is 6.52. The zero-order valence-corrected chi connectivity index (χ0v) is 11.7. The van der Waals surface area contributed by atoms with E-state index in [4.69, 9.17) is 14.3 Å². The Morgan fingerprint density at radius 2 is 2.33 bits per heavy atom. The molecule has 0 spiro atoms. The van der Waals surface area contributed by atoms with E-state index in [9.17, 15) is 4.79 Å². The Balaban J connectivity index is 2.01. The minimum atomic E-state index is -1.10. The number of methoxy groups -OCH3 is 1. The van der Waals surface area contributed by atoms with E-state index in [2.05, 4.69) is 15.3 Å². The van der Waals surface area contributed by atoms with Crippen molar-refractivity contribution >= 4 is 11.8 Å². The van der Waals surface area contributed by atoms with Gasteiger partial charge in [0.1, 0.15) is 11.6 Å². The molecule has 2 N–H and O–H groups in total. The molecule has 1 unspecified atom stereocenters. The quantitative estimate of drug-likeness (QED) is 0.765. The highest BCUT2D eigenvalue weighted by molar-refractivity contribution is 5.84. The van der Waals surface area contributed by atoms with Crippen molar-refractivity contribution in [2.75, 3.05) is 19.0 Å². The summed E-state index contributed by atoms with van der Waals surface area (Å²) < 4.78 is 10.4. The van der Waals surface area contributed by atoms with E-state index >= 15 is 0 Å². The van der Waals surface area contributed by atoms with Crippen molar-refractivity contribution in [2.24, 2.45) is 0 Å². The average Bonchev–Trinajstić information content (AvgIpc) is 2.98. The van der Waals surface area contributed by atoms with Gasteiger partial charge in [-0.15, -0.1) is 0 Å². The van der Waals surface area contributed by atoms with Gasteiger partial charge in [0.2, 0.25) is 0 Å². The molecule has 2 aromatic rings. The van der Waals surface area contributed by atoms with Crippen LogP contribution in [-0.4, -0.2) is 40.8 Å². The Bertz CT molecular complexity index is 554. The highest BCUT2D eigenvalue weighted by Gasteiger charge is 2.13. The Labute approximate surface area is 122 Å². The summed E-state index contributed by atoms with van der Waals surface area (Å²) in [6.07, 6.45) is 5.71. The summed E-state index contributed by atoms with van der Waals surface area (Å²) in [5.41, 5.74) is -0.0833. The Morgan fingerprint density at radius 3 is 2.90 bits per heavy atom. The van der Waals surface area contributed by atoms with Gasteiger partial charge in [0.05, 0.1) is 18.7 Å². The third kappa shape index (κ3) is 4.57.